The Hall–Kier alpha value is -1.33. The Labute approximate surface area is 123 Å². The van der Waals surface area contributed by atoms with Crippen LogP contribution >= 0.6 is 11.6 Å². The van der Waals surface area contributed by atoms with Crippen molar-refractivity contribution in [3.63, 3.8) is 0 Å². The molecule has 1 aliphatic rings. The average molecular weight is 295 g/mol. The quantitative estimate of drug-likeness (QED) is 0.854. The number of rotatable bonds is 2. The third kappa shape index (κ3) is 2.36. The van der Waals surface area contributed by atoms with Crippen molar-refractivity contribution in [2.24, 2.45) is 0 Å². The fourth-order valence-electron chi connectivity index (χ4n) is 2.59. The Morgan fingerprint density at radius 3 is 2.80 bits per heavy atom. The first kappa shape index (κ1) is 13.6. The van der Waals surface area contributed by atoms with E-state index in [9.17, 15) is 0 Å². The highest BCUT2D eigenvalue weighted by atomic mass is 35.5. The molecule has 20 heavy (non-hydrogen) atoms. The third-order valence-corrected chi connectivity index (χ3v) is 4.16. The van der Waals surface area contributed by atoms with Crippen LogP contribution < -0.4 is 0 Å². The summed E-state index contributed by atoms with van der Waals surface area (Å²) in [6.45, 7) is 9.10. The molecular formula is C14H19ClN4O. The van der Waals surface area contributed by atoms with Gasteiger partial charge in [-0.1, -0.05) is 16.8 Å². The van der Waals surface area contributed by atoms with Crippen LogP contribution in [0.3, 0.4) is 0 Å². The van der Waals surface area contributed by atoms with Crippen molar-refractivity contribution in [3.05, 3.63) is 22.5 Å². The van der Waals surface area contributed by atoms with Gasteiger partial charge in [0.15, 0.2) is 0 Å². The third-order valence-electron chi connectivity index (χ3n) is 3.76. The van der Waals surface area contributed by atoms with Gasteiger partial charge in [-0.25, -0.2) is 0 Å². The largest absolute Gasteiger partial charge is 0.361 e. The van der Waals surface area contributed by atoms with Crippen molar-refractivity contribution in [2.75, 3.05) is 6.54 Å². The van der Waals surface area contributed by atoms with Crippen molar-refractivity contribution < 1.29 is 4.52 Å². The summed E-state index contributed by atoms with van der Waals surface area (Å²) >= 11 is 6.54. The first-order valence-corrected chi connectivity index (χ1v) is 7.37. The molecule has 0 aromatic carbocycles. The summed E-state index contributed by atoms with van der Waals surface area (Å²) in [4.78, 5) is 2.42. The van der Waals surface area contributed by atoms with E-state index in [1.165, 1.54) is 0 Å². The van der Waals surface area contributed by atoms with Crippen LogP contribution in [0.15, 0.2) is 10.6 Å². The molecule has 0 saturated carbocycles. The van der Waals surface area contributed by atoms with Gasteiger partial charge in [-0.05, 0) is 27.2 Å². The highest BCUT2D eigenvalue weighted by Crippen LogP contribution is 2.32. The van der Waals surface area contributed by atoms with Crippen molar-refractivity contribution in [2.45, 2.75) is 46.3 Å². The zero-order valence-electron chi connectivity index (χ0n) is 12.1. The first-order valence-electron chi connectivity index (χ1n) is 6.99. The van der Waals surface area contributed by atoms with Gasteiger partial charge >= 0.3 is 0 Å². The maximum Gasteiger partial charge on any atom is 0.135 e. The van der Waals surface area contributed by atoms with Gasteiger partial charge in [0.25, 0.3) is 0 Å². The van der Waals surface area contributed by atoms with Crippen LogP contribution in [0.2, 0.25) is 5.02 Å². The van der Waals surface area contributed by atoms with E-state index in [1.54, 1.807) is 0 Å². The highest BCUT2D eigenvalue weighted by molar-refractivity contribution is 6.33. The summed E-state index contributed by atoms with van der Waals surface area (Å²) in [6, 6.07) is 2.37. The zero-order valence-corrected chi connectivity index (χ0v) is 12.8. The number of halogens is 1. The second-order valence-electron chi connectivity index (χ2n) is 5.57. The second-order valence-corrected chi connectivity index (χ2v) is 5.95. The summed E-state index contributed by atoms with van der Waals surface area (Å²) in [5.41, 5.74) is 2.52. The molecule has 0 amide bonds. The van der Waals surface area contributed by atoms with Crippen molar-refractivity contribution in [1.29, 1.82) is 0 Å². The number of nitrogens with zero attached hydrogens (tertiary/aromatic N) is 4. The summed E-state index contributed by atoms with van der Waals surface area (Å²) in [5.74, 6) is 0.767. The molecule has 0 radical (unpaired) electrons. The molecule has 5 nitrogen and oxygen atoms in total. The minimum absolute atomic E-state index is 0.505. The molecule has 0 unspecified atom stereocenters. The first-order chi connectivity index (χ1) is 9.56. The fraction of sp³-hybridized carbons (Fsp3) is 0.571. The van der Waals surface area contributed by atoms with E-state index < -0.39 is 0 Å². The molecule has 0 N–H and O–H groups in total. The van der Waals surface area contributed by atoms with Crippen LogP contribution in [0.1, 0.15) is 31.7 Å². The molecule has 0 atom stereocenters. The van der Waals surface area contributed by atoms with Gasteiger partial charge in [0.1, 0.15) is 17.1 Å². The standard InChI is InChI=1S/C14H19ClN4O/c1-9(2)18-5-4-6-19-12(8-18)13(15)14(16-19)11-7-10(3)20-17-11/h7,9H,4-6,8H2,1-3H3. The minimum atomic E-state index is 0.505. The monoisotopic (exact) mass is 294 g/mol. The van der Waals surface area contributed by atoms with E-state index in [0.29, 0.717) is 16.8 Å². The molecule has 0 spiro atoms. The normalized spacial score (nSPS) is 16.4. The van der Waals surface area contributed by atoms with Crippen LogP contribution in [0, 0.1) is 6.92 Å². The maximum absolute atomic E-state index is 6.54. The number of fused-ring (bicyclic) bond motifs is 1. The SMILES string of the molecule is Cc1cc(-c2nn3c(c2Cl)CN(C(C)C)CCC3)no1. The second kappa shape index (κ2) is 5.22. The molecule has 0 bridgehead atoms. The number of hydrogen-bond acceptors (Lipinski definition) is 4. The highest BCUT2D eigenvalue weighted by Gasteiger charge is 2.24. The predicted octanol–water partition coefficient (Wildman–Crippen LogP) is 3.11. The van der Waals surface area contributed by atoms with E-state index in [2.05, 4.69) is 29.0 Å². The lowest BCUT2D eigenvalue weighted by atomic mass is 10.2. The molecule has 108 valence electrons. The molecule has 0 aliphatic carbocycles. The fourth-order valence-corrected chi connectivity index (χ4v) is 2.88. The summed E-state index contributed by atoms with van der Waals surface area (Å²) in [7, 11) is 0. The van der Waals surface area contributed by atoms with E-state index in [4.69, 9.17) is 16.1 Å². The molecule has 2 aromatic rings. The van der Waals surface area contributed by atoms with Crippen LogP contribution in [0.25, 0.3) is 11.4 Å². The zero-order chi connectivity index (χ0) is 14.3. The number of aryl methyl sites for hydroxylation is 2. The molecule has 0 saturated heterocycles. The van der Waals surface area contributed by atoms with Crippen LogP contribution in [0.4, 0.5) is 0 Å². The van der Waals surface area contributed by atoms with E-state index in [1.807, 2.05) is 17.7 Å². The van der Waals surface area contributed by atoms with Gasteiger partial charge in [0.05, 0.1) is 10.7 Å². The van der Waals surface area contributed by atoms with Crippen LogP contribution in [-0.2, 0) is 13.1 Å². The van der Waals surface area contributed by atoms with E-state index in [-0.39, 0.29) is 0 Å². The van der Waals surface area contributed by atoms with Gasteiger partial charge in [0, 0.05) is 31.7 Å². The van der Waals surface area contributed by atoms with Gasteiger partial charge in [0.2, 0.25) is 0 Å². The Balaban J connectivity index is 2.00. The van der Waals surface area contributed by atoms with Crippen molar-refractivity contribution in [1.82, 2.24) is 19.8 Å². The van der Waals surface area contributed by atoms with E-state index in [0.717, 1.165) is 43.2 Å². The smallest absolute Gasteiger partial charge is 0.135 e. The van der Waals surface area contributed by atoms with E-state index >= 15 is 0 Å². The molecule has 3 heterocycles. The lowest BCUT2D eigenvalue weighted by molar-refractivity contribution is 0.216. The molecule has 6 heteroatoms. The molecule has 3 rings (SSSR count). The molecule has 0 fully saturated rings. The topological polar surface area (TPSA) is 47.1 Å². The van der Waals surface area contributed by atoms with Gasteiger partial charge < -0.3 is 4.52 Å². The molecule has 2 aromatic heterocycles. The van der Waals surface area contributed by atoms with Crippen LogP contribution in [-0.4, -0.2) is 32.4 Å². The van der Waals surface area contributed by atoms with Gasteiger partial charge in [-0.2, -0.15) is 5.10 Å². The lowest BCUT2D eigenvalue weighted by Crippen LogP contribution is -2.30. The molecular weight excluding hydrogens is 276 g/mol. The van der Waals surface area contributed by atoms with Crippen LogP contribution in [0.5, 0.6) is 0 Å². The summed E-state index contributed by atoms with van der Waals surface area (Å²) in [6.07, 6.45) is 1.08. The summed E-state index contributed by atoms with van der Waals surface area (Å²) in [5, 5.41) is 9.34. The van der Waals surface area contributed by atoms with Crippen molar-refractivity contribution >= 4 is 11.6 Å². The molecule has 1 aliphatic heterocycles. The van der Waals surface area contributed by atoms with Crippen molar-refractivity contribution in [3.8, 4) is 11.4 Å². The summed E-state index contributed by atoms with van der Waals surface area (Å²) < 4.78 is 7.14. The Bertz CT molecular complexity index is 617. The minimum Gasteiger partial charge on any atom is -0.361 e. The Kier molecular flexibility index (Phi) is 3.56. The maximum atomic E-state index is 6.54. The lowest BCUT2D eigenvalue weighted by Gasteiger charge is -2.23. The predicted molar refractivity (Wildman–Crippen MR) is 77.6 cm³/mol. The number of aromatic nitrogens is 3. The van der Waals surface area contributed by atoms with Gasteiger partial charge in [-0.15, -0.1) is 0 Å². The average Bonchev–Trinajstić information content (AvgIpc) is 2.86. The number of hydrogen-bond donors (Lipinski definition) is 0. The Morgan fingerprint density at radius 1 is 1.35 bits per heavy atom. The Morgan fingerprint density at radius 2 is 2.15 bits per heavy atom. The van der Waals surface area contributed by atoms with Gasteiger partial charge in [-0.3, -0.25) is 9.58 Å².